The number of hydrogen-bond donors (Lipinski definition) is 1. The molecule has 0 spiro atoms. The number of aryl methyl sites for hydroxylation is 1. The van der Waals surface area contributed by atoms with Gasteiger partial charge in [-0.2, -0.15) is 0 Å². The Balaban J connectivity index is 1.93. The molecular formula is C19H17NS. The lowest BCUT2D eigenvalue weighted by molar-refractivity contribution is 0.727. The van der Waals surface area contributed by atoms with Crippen LogP contribution in [0.25, 0.3) is 16.2 Å². The standard InChI is InChI=1S/C19H17NS/c1-2-14-16-9-5-6-10-17(16)21-19(14)18-15-8-4-3-7-13(15)11-12-20-18/h3-12,18,20H,2H2,1H3. The predicted molar refractivity (Wildman–Crippen MR) is 91.7 cm³/mol. The van der Waals surface area contributed by atoms with Gasteiger partial charge in [-0.05, 0) is 46.8 Å². The maximum absolute atomic E-state index is 3.56. The third kappa shape index (κ3) is 1.98. The van der Waals surface area contributed by atoms with E-state index in [2.05, 4.69) is 73.0 Å². The van der Waals surface area contributed by atoms with Gasteiger partial charge in [0.05, 0.1) is 6.04 Å². The number of nitrogens with one attached hydrogen (secondary N) is 1. The maximum atomic E-state index is 3.56. The van der Waals surface area contributed by atoms with E-state index in [9.17, 15) is 0 Å². The highest BCUT2D eigenvalue weighted by molar-refractivity contribution is 7.19. The van der Waals surface area contributed by atoms with Gasteiger partial charge >= 0.3 is 0 Å². The Morgan fingerprint density at radius 3 is 2.76 bits per heavy atom. The van der Waals surface area contributed by atoms with Crippen LogP contribution in [-0.4, -0.2) is 0 Å². The van der Waals surface area contributed by atoms with Gasteiger partial charge in [-0.15, -0.1) is 11.3 Å². The van der Waals surface area contributed by atoms with Crippen molar-refractivity contribution in [3.05, 3.63) is 76.3 Å². The second-order valence-corrected chi connectivity index (χ2v) is 6.44. The van der Waals surface area contributed by atoms with E-state index >= 15 is 0 Å². The van der Waals surface area contributed by atoms with Crippen molar-refractivity contribution in [2.45, 2.75) is 19.4 Å². The average molecular weight is 291 g/mol. The molecule has 0 saturated carbocycles. The molecule has 21 heavy (non-hydrogen) atoms. The zero-order chi connectivity index (χ0) is 14.2. The van der Waals surface area contributed by atoms with E-state index in [4.69, 9.17) is 0 Å². The molecule has 1 N–H and O–H groups in total. The van der Waals surface area contributed by atoms with Gasteiger partial charge in [-0.3, -0.25) is 0 Å². The van der Waals surface area contributed by atoms with E-state index in [0.29, 0.717) is 0 Å². The van der Waals surface area contributed by atoms with Crippen LogP contribution in [0.1, 0.15) is 34.5 Å². The first-order valence-electron chi connectivity index (χ1n) is 7.40. The van der Waals surface area contributed by atoms with Crippen LogP contribution < -0.4 is 5.32 Å². The van der Waals surface area contributed by atoms with Crippen molar-refractivity contribution in [1.82, 2.24) is 5.32 Å². The Kier molecular flexibility index (Phi) is 3.04. The molecule has 1 aliphatic rings. The van der Waals surface area contributed by atoms with Crippen molar-refractivity contribution < 1.29 is 0 Å². The van der Waals surface area contributed by atoms with Crippen LogP contribution in [0.2, 0.25) is 0 Å². The molecular weight excluding hydrogens is 274 g/mol. The summed E-state index contributed by atoms with van der Waals surface area (Å²) in [6.45, 7) is 2.25. The predicted octanol–water partition coefficient (Wildman–Crippen LogP) is 5.13. The van der Waals surface area contributed by atoms with E-state index in [0.717, 1.165) is 6.42 Å². The molecule has 1 nitrogen and oxygen atoms in total. The van der Waals surface area contributed by atoms with Gasteiger partial charge in [0.1, 0.15) is 0 Å². The monoisotopic (exact) mass is 291 g/mol. The molecule has 1 aromatic heterocycles. The highest BCUT2D eigenvalue weighted by Gasteiger charge is 2.23. The summed E-state index contributed by atoms with van der Waals surface area (Å²) in [6.07, 6.45) is 5.31. The van der Waals surface area contributed by atoms with Gasteiger partial charge in [-0.25, -0.2) is 0 Å². The Morgan fingerprint density at radius 2 is 1.86 bits per heavy atom. The van der Waals surface area contributed by atoms with Gasteiger partial charge in [0.2, 0.25) is 0 Å². The molecule has 3 aromatic rings. The van der Waals surface area contributed by atoms with E-state index in [1.165, 1.54) is 31.7 Å². The number of thiophene rings is 1. The fourth-order valence-electron chi connectivity index (χ4n) is 3.18. The fraction of sp³-hybridized carbons (Fsp3) is 0.158. The SMILES string of the molecule is CCc1c(C2NC=Cc3ccccc32)sc2ccccc12. The molecule has 2 aromatic carbocycles. The van der Waals surface area contributed by atoms with Crippen molar-refractivity contribution in [2.75, 3.05) is 0 Å². The number of fused-ring (bicyclic) bond motifs is 2. The van der Waals surface area contributed by atoms with Gasteiger partial charge in [0.15, 0.2) is 0 Å². The quantitative estimate of drug-likeness (QED) is 0.690. The summed E-state index contributed by atoms with van der Waals surface area (Å²) in [6, 6.07) is 17.7. The topological polar surface area (TPSA) is 12.0 Å². The largest absolute Gasteiger partial charge is 0.379 e. The molecule has 2 heteroatoms. The average Bonchev–Trinajstić information content (AvgIpc) is 2.92. The lowest BCUT2D eigenvalue weighted by atomic mass is 9.94. The molecule has 104 valence electrons. The van der Waals surface area contributed by atoms with Crippen LogP contribution >= 0.6 is 11.3 Å². The number of rotatable bonds is 2. The summed E-state index contributed by atoms with van der Waals surface area (Å²) in [5, 5.41) is 4.97. The first kappa shape index (κ1) is 12.7. The normalized spacial score (nSPS) is 16.7. The minimum atomic E-state index is 0.276. The third-order valence-corrected chi connectivity index (χ3v) is 5.46. The zero-order valence-corrected chi connectivity index (χ0v) is 12.8. The van der Waals surface area contributed by atoms with Crippen LogP contribution in [-0.2, 0) is 6.42 Å². The number of hydrogen-bond acceptors (Lipinski definition) is 2. The van der Waals surface area contributed by atoms with Crippen molar-refractivity contribution in [3.8, 4) is 0 Å². The fourth-order valence-corrected chi connectivity index (χ4v) is 4.56. The van der Waals surface area contributed by atoms with Gasteiger partial charge in [0.25, 0.3) is 0 Å². The Bertz CT molecular complexity index is 828. The molecule has 0 radical (unpaired) electrons. The van der Waals surface area contributed by atoms with E-state index in [1.54, 1.807) is 0 Å². The van der Waals surface area contributed by atoms with Crippen molar-refractivity contribution in [1.29, 1.82) is 0 Å². The van der Waals surface area contributed by atoms with Crippen molar-refractivity contribution in [3.63, 3.8) is 0 Å². The molecule has 1 unspecified atom stereocenters. The molecule has 0 aliphatic carbocycles. The minimum absolute atomic E-state index is 0.276. The summed E-state index contributed by atoms with van der Waals surface area (Å²) in [5.74, 6) is 0. The van der Waals surface area contributed by atoms with Crippen LogP contribution in [0.3, 0.4) is 0 Å². The molecule has 0 bridgehead atoms. The first-order chi connectivity index (χ1) is 10.4. The van der Waals surface area contributed by atoms with Crippen molar-refractivity contribution in [2.24, 2.45) is 0 Å². The Labute approximate surface area is 128 Å². The third-order valence-electron chi connectivity index (χ3n) is 4.18. The van der Waals surface area contributed by atoms with E-state index in [-0.39, 0.29) is 6.04 Å². The summed E-state index contributed by atoms with van der Waals surface area (Å²) < 4.78 is 1.39. The van der Waals surface area contributed by atoms with Crippen molar-refractivity contribution >= 4 is 27.5 Å². The molecule has 1 atom stereocenters. The van der Waals surface area contributed by atoms with Gasteiger partial charge in [0, 0.05) is 9.58 Å². The van der Waals surface area contributed by atoms with Gasteiger partial charge in [-0.1, -0.05) is 49.4 Å². The summed E-state index contributed by atoms with van der Waals surface area (Å²) in [5.41, 5.74) is 4.18. The molecule has 2 heterocycles. The van der Waals surface area contributed by atoms with Crippen LogP contribution in [0.15, 0.2) is 54.7 Å². The highest BCUT2D eigenvalue weighted by Crippen LogP contribution is 2.40. The summed E-state index contributed by atoms with van der Waals surface area (Å²) >= 11 is 1.92. The van der Waals surface area contributed by atoms with Crippen LogP contribution in [0.5, 0.6) is 0 Å². The molecule has 0 amide bonds. The smallest absolute Gasteiger partial charge is 0.0865 e. The Morgan fingerprint density at radius 1 is 1.05 bits per heavy atom. The van der Waals surface area contributed by atoms with E-state index < -0.39 is 0 Å². The molecule has 0 fully saturated rings. The highest BCUT2D eigenvalue weighted by atomic mass is 32.1. The number of benzene rings is 2. The van der Waals surface area contributed by atoms with E-state index in [1.807, 2.05) is 11.3 Å². The second kappa shape index (κ2) is 5.05. The molecule has 4 rings (SSSR count). The maximum Gasteiger partial charge on any atom is 0.0865 e. The minimum Gasteiger partial charge on any atom is -0.379 e. The molecule has 1 aliphatic heterocycles. The lowest BCUT2D eigenvalue weighted by Gasteiger charge is -2.24. The van der Waals surface area contributed by atoms with Crippen LogP contribution in [0.4, 0.5) is 0 Å². The van der Waals surface area contributed by atoms with Gasteiger partial charge < -0.3 is 5.32 Å². The molecule has 0 saturated heterocycles. The first-order valence-corrected chi connectivity index (χ1v) is 8.22. The second-order valence-electron chi connectivity index (χ2n) is 5.36. The van der Waals surface area contributed by atoms with Crippen LogP contribution in [0, 0.1) is 0 Å². The zero-order valence-electron chi connectivity index (χ0n) is 12.0. The summed E-state index contributed by atoms with van der Waals surface area (Å²) in [4.78, 5) is 1.45. The summed E-state index contributed by atoms with van der Waals surface area (Å²) in [7, 11) is 0. The lowest BCUT2D eigenvalue weighted by Crippen LogP contribution is -2.20. The Hall–Kier alpha value is -2.06.